The monoisotopic (exact) mass is 437 g/mol. The van der Waals surface area contributed by atoms with Crippen LogP contribution < -0.4 is 19.7 Å². The van der Waals surface area contributed by atoms with Gasteiger partial charge in [-0.25, -0.2) is 8.42 Å². The van der Waals surface area contributed by atoms with Crippen LogP contribution in [0.1, 0.15) is 18.4 Å². The Morgan fingerprint density at radius 3 is 2.76 bits per heavy atom. The third-order valence-electron chi connectivity index (χ3n) is 4.69. The van der Waals surface area contributed by atoms with Crippen LogP contribution in [0.15, 0.2) is 36.4 Å². The second kappa shape index (κ2) is 8.92. The van der Waals surface area contributed by atoms with E-state index >= 15 is 0 Å². The van der Waals surface area contributed by atoms with Crippen LogP contribution in [0.3, 0.4) is 0 Å². The molecule has 29 heavy (non-hydrogen) atoms. The molecule has 2 aromatic rings. The molecule has 0 spiro atoms. The van der Waals surface area contributed by atoms with Gasteiger partial charge in [-0.3, -0.25) is 9.52 Å². The first-order chi connectivity index (χ1) is 13.8. The molecule has 3 rings (SSSR count). The standard InChI is InChI=1S/C20H24ClN3O4S/c1-28-19-9-8-14(21)13-17(19)22-20(25)10-12-24-11-4-5-15-16(23-29(2,26)27)6-3-7-18(15)24/h3,6-9,13,23H,4-5,10-12H2,1-2H3,(H,22,25). The van der Waals surface area contributed by atoms with Crippen LogP contribution in [-0.2, 0) is 21.2 Å². The molecule has 1 aliphatic heterocycles. The molecule has 7 nitrogen and oxygen atoms in total. The first-order valence-corrected chi connectivity index (χ1v) is 11.5. The highest BCUT2D eigenvalue weighted by Gasteiger charge is 2.21. The fourth-order valence-electron chi connectivity index (χ4n) is 3.46. The predicted octanol–water partition coefficient (Wildman–Crippen LogP) is 3.50. The molecular formula is C20H24ClN3O4S. The van der Waals surface area contributed by atoms with Crippen molar-refractivity contribution in [2.45, 2.75) is 19.3 Å². The van der Waals surface area contributed by atoms with Gasteiger partial charge in [0.05, 0.1) is 24.7 Å². The van der Waals surface area contributed by atoms with Gasteiger partial charge >= 0.3 is 0 Å². The van der Waals surface area contributed by atoms with Crippen molar-refractivity contribution >= 4 is 44.6 Å². The minimum atomic E-state index is -3.35. The highest BCUT2D eigenvalue weighted by atomic mass is 35.5. The second-order valence-electron chi connectivity index (χ2n) is 6.91. The number of methoxy groups -OCH3 is 1. The van der Waals surface area contributed by atoms with Gasteiger partial charge in [-0.2, -0.15) is 0 Å². The lowest BCUT2D eigenvalue weighted by Gasteiger charge is -2.32. The van der Waals surface area contributed by atoms with E-state index in [4.69, 9.17) is 16.3 Å². The van der Waals surface area contributed by atoms with Gasteiger partial charge in [-0.05, 0) is 48.7 Å². The molecule has 2 aromatic carbocycles. The number of halogens is 1. The Kier molecular flexibility index (Phi) is 6.54. The molecule has 0 radical (unpaired) electrons. The summed E-state index contributed by atoms with van der Waals surface area (Å²) in [6.07, 6.45) is 3.09. The summed E-state index contributed by atoms with van der Waals surface area (Å²) in [4.78, 5) is 14.6. The van der Waals surface area contributed by atoms with Crippen LogP contribution in [0.5, 0.6) is 5.75 Å². The summed E-state index contributed by atoms with van der Waals surface area (Å²) in [5, 5.41) is 3.35. The summed E-state index contributed by atoms with van der Waals surface area (Å²) >= 11 is 6.01. The minimum Gasteiger partial charge on any atom is -0.495 e. The van der Waals surface area contributed by atoms with E-state index in [9.17, 15) is 13.2 Å². The largest absolute Gasteiger partial charge is 0.495 e. The number of anilines is 3. The third kappa shape index (κ3) is 5.55. The molecule has 0 saturated carbocycles. The van der Waals surface area contributed by atoms with Crippen molar-refractivity contribution in [1.29, 1.82) is 0 Å². The highest BCUT2D eigenvalue weighted by molar-refractivity contribution is 7.92. The number of carbonyl (C=O) groups is 1. The van der Waals surface area contributed by atoms with E-state index in [0.717, 1.165) is 36.9 Å². The van der Waals surface area contributed by atoms with E-state index in [0.29, 0.717) is 28.7 Å². The lowest BCUT2D eigenvalue weighted by atomic mass is 10.00. The van der Waals surface area contributed by atoms with Crippen molar-refractivity contribution in [1.82, 2.24) is 0 Å². The van der Waals surface area contributed by atoms with Gasteiger partial charge in [0, 0.05) is 30.2 Å². The minimum absolute atomic E-state index is 0.150. The molecule has 1 heterocycles. The summed E-state index contributed by atoms with van der Waals surface area (Å²) in [5.74, 6) is 0.394. The van der Waals surface area contributed by atoms with E-state index in [1.165, 1.54) is 7.11 Å². The molecule has 1 aliphatic rings. The van der Waals surface area contributed by atoms with Crippen molar-refractivity contribution in [3.05, 3.63) is 47.0 Å². The average molecular weight is 438 g/mol. The molecular weight excluding hydrogens is 414 g/mol. The van der Waals surface area contributed by atoms with Crippen LogP contribution in [0, 0.1) is 0 Å². The number of hydrogen-bond donors (Lipinski definition) is 2. The van der Waals surface area contributed by atoms with E-state index in [-0.39, 0.29) is 12.3 Å². The average Bonchev–Trinajstić information content (AvgIpc) is 2.66. The summed E-state index contributed by atoms with van der Waals surface area (Å²) < 4.78 is 31.1. The molecule has 9 heteroatoms. The molecule has 0 bridgehead atoms. The lowest BCUT2D eigenvalue weighted by molar-refractivity contribution is -0.116. The summed E-state index contributed by atoms with van der Waals surface area (Å²) in [5.41, 5.74) is 3.05. The zero-order valence-electron chi connectivity index (χ0n) is 16.4. The van der Waals surface area contributed by atoms with Crippen LogP contribution in [-0.4, -0.2) is 40.8 Å². The van der Waals surface area contributed by atoms with Crippen molar-refractivity contribution < 1.29 is 17.9 Å². The van der Waals surface area contributed by atoms with E-state index in [1.54, 1.807) is 24.3 Å². The third-order valence-corrected chi connectivity index (χ3v) is 5.51. The first kappa shape index (κ1) is 21.3. The molecule has 0 saturated heterocycles. The van der Waals surface area contributed by atoms with E-state index in [2.05, 4.69) is 14.9 Å². The Morgan fingerprint density at radius 2 is 2.03 bits per heavy atom. The SMILES string of the molecule is COc1ccc(Cl)cc1NC(=O)CCN1CCCc2c(NS(C)(=O)=O)cccc21. The molecule has 156 valence electrons. The van der Waals surface area contributed by atoms with Gasteiger partial charge in [0.25, 0.3) is 0 Å². The maximum atomic E-state index is 12.5. The van der Waals surface area contributed by atoms with Crippen molar-refractivity contribution in [3.63, 3.8) is 0 Å². The van der Waals surface area contributed by atoms with Crippen molar-refractivity contribution in [3.8, 4) is 5.75 Å². The van der Waals surface area contributed by atoms with Gasteiger partial charge in [-0.1, -0.05) is 17.7 Å². The maximum absolute atomic E-state index is 12.5. The Bertz CT molecular complexity index is 1010. The maximum Gasteiger partial charge on any atom is 0.229 e. The second-order valence-corrected chi connectivity index (χ2v) is 9.10. The van der Waals surface area contributed by atoms with Crippen LogP contribution in [0.4, 0.5) is 17.1 Å². The molecule has 0 fully saturated rings. The number of ether oxygens (including phenoxy) is 1. The topological polar surface area (TPSA) is 87.7 Å². The Morgan fingerprint density at radius 1 is 1.24 bits per heavy atom. The number of fused-ring (bicyclic) bond motifs is 1. The Hall–Kier alpha value is -2.45. The number of amides is 1. The zero-order valence-corrected chi connectivity index (χ0v) is 17.9. The van der Waals surface area contributed by atoms with Gasteiger partial charge in [-0.15, -0.1) is 0 Å². The van der Waals surface area contributed by atoms with Gasteiger partial charge in [0.15, 0.2) is 0 Å². The molecule has 0 aliphatic carbocycles. The first-order valence-electron chi connectivity index (χ1n) is 9.25. The van der Waals surface area contributed by atoms with E-state index < -0.39 is 10.0 Å². The fourth-order valence-corrected chi connectivity index (χ4v) is 4.22. The Balaban J connectivity index is 1.69. The Labute approximate surface area is 176 Å². The number of nitrogens with zero attached hydrogens (tertiary/aromatic N) is 1. The molecule has 1 amide bonds. The van der Waals surface area contributed by atoms with E-state index in [1.807, 2.05) is 12.1 Å². The highest BCUT2D eigenvalue weighted by Crippen LogP contribution is 2.33. The molecule has 0 atom stereocenters. The summed E-state index contributed by atoms with van der Waals surface area (Å²) in [6.45, 7) is 1.33. The van der Waals surface area contributed by atoms with Crippen molar-refractivity contribution in [2.75, 3.05) is 41.4 Å². The van der Waals surface area contributed by atoms with Gasteiger partial charge < -0.3 is 15.0 Å². The number of nitrogens with one attached hydrogen (secondary N) is 2. The number of benzene rings is 2. The number of sulfonamides is 1. The summed E-state index contributed by atoms with van der Waals surface area (Å²) in [7, 11) is -1.82. The smallest absolute Gasteiger partial charge is 0.229 e. The van der Waals surface area contributed by atoms with Gasteiger partial charge in [0.2, 0.25) is 15.9 Å². The quantitative estimate of drug-likeness (QED) is 0.692. The predicted molar refractivity (Wildman–Crippen MR) is 117 cm³/mol. The normalized spacial score (nSPS) is 13.6. The molecule has 0 aromatic heterocycles. The fraction of sp³-hybridized carbons (Fsp3) is 0.350. The zero-order chi connectivity index (χ0) is 21.0. The van der Waals surface area contributed by atoms with Crippen LogP contribution >= 0.6 is 11.6 Å². The van der Waals surface area contributed by atoms with Crippen LogP contribution in [0.2, 0.25) is 5.02 Å². The number of rotatable bonds is 7. The number of hydrogen-bond acceptors (Lipinski definition) is 5. The number of carbonyl (C=O) groups excluding carboxylic acids is 1. The lowest BCUT2D eigenvalue weighted by Crippen LogP contribution is -2.33. The molecule has 0 unspecified atom stereocenters. The van der Waals surface area contributed by atoms with Crippen molar-refractivity contribution in [2.24, 2.45) is 0 Å². The molecule has 2 N–H and O–H groups in total. The van der Waals surface area contributed by atoms with Crippen LogP contribution in [0.25, 0.3) is 0 Å². The van der Waals surface area contributed by atoms with Gasteiger partial charge in [0.1, 0.15) is 5.75 Å². The summed E-state index contributed by atoms with van der Waals surface area (Å²) in [6, 6.07) is 10.6.